The third-order valence-corrected chi connectivity index (χ3v) is 6.95. The standard InChI is InChI=1S/C27H31N3O3/c1-32-24-11-7-20(8-12-24)25-17-28-27(33-25)14-13-26(31)29-21-15-22-9-10-23(16-21)30(22)18-19-5-3-2-4-6-19/h2-8,11-12,17,21-23H,9-10,13-16,18H2,1H3,(H,29,31). The molecule has 2 saturated heterocycles. The Kier molecular flexibility index (Phi) is 6.44. The van der Waals surface area contributed by atoms with E-state index in [1.807, 2.05) is 24.3 Å². The molecular weight excluding hydrogens is 414 g/mol. The van der Waals surface area contributed by atoms with E-state index in [1.54, 1.807) is 13.3 Å². The molecule has 6 heteroatoms. The summed E-state index contributed by atoms with van der Waals surface area (Å²) in [5, 5.41) is 3.28. The van der Waals surface area contributed by atoms with Gasteiger partial charge in [0.2, 0.25) is 5.91 Å². The Bertz CT molecular complexity index is 1050. The van der Waals surface area contributed by atoms with Crippen molar-refractivity contribution < 1.29 is 13.9 Å². The number of oxazole rings is 1. The molecule has 2 aliphatic heterocycles. The van der Waals surface area contributed by atoms with E-state index in [-0.39, 0.29) is 11.9 Å². The fourth-order valence-corrected chi connectivity index (χ4v) is 5.28. The molecule has 1 aromatic heterocycles. The van der Waals surface area contributed by atoms with Crippen molar-refractivity contribution in [1.82, 2.24) is 15.2 Å². The average molecular weight is 446 g/mol. The largest absolute Gasteiger partial charge is 0.497 e. The van der Waals surface area contributed by atoms with Gasteiger partial charge in [0.25, 0.3) is 0 Å². The summed E-state index contributed by atoms with van der Waals surface area (Å²) < 4.78 is 11.1. The topological polar surface area (TPSA) is 67.6 Å². The van der Waals surface area contributed by atoms with Crippen LogP contribution in [0, 0.1) is 0 Å². The molecule has 0 radical (unpaired) electrons. The number of nitrogens with zero attached hydrogens (tertiary/aromatic N) is 2. The summed E-state index contributed by atoms with van der Waals surface area (Å²) in [4.78, 5) is 19.6. The van der Waals surface area contributed by atoms with Gasteiger partial charge < -0.3 is 14.5 Å². The summed E-state index contributed by atoms with van der Waals surface area (Å²) in [7, 11) is 1.64. The zero-order valence-electron chi connectivity index (χ0n) is 19.1. The van der Waals surface area contributed by atoms with Crippen molar-refractivity contribution in [2.75, 3.05) is 7.11 Å². The summed E-state index contributed by atoms with van der Waals surface area (Å²) in [6.07, 6.45) is 7.15. The van der Waals surface area contributed by atoms with Gasteiger partial charge in [-0.05, 0) is 55.5 Å². The van der Waals surface area contributed by atoms with Gasteiger partial charge in [0.05, 0.1) is 13.3 Å². The molecule has 2 fully saturated rings. The minimum Gasteiger partial charge on any atom is -0.497 e. The quantitative estimate of drug-likeness (QED) is 0.549. The molecule has 3 aromatic rings. The highest BCUT2D eigenvalue weighted by molar-refractivity contribution is 5.76. The number of rotatable bonds is 8. The first-order valence-electron chi connectivity index (χ1n) is 11.9. The maximum Gasteiger partial charge on any atom is 0.220 e. The number of amides is 1. The van der Waals surface area contributed by atoms with Crippen LogP contribution in [0.2, 0.25) is 0 Å². The SMILES string of the molecule is COc1ccc(-c2cnc(CCC(=O)NC3CC4CCC(C3)N4Cc3ccccc3)o2)cc1. The molecule has 2 bridgehead atoms. The number of carbonyl (C=O) groups is 1. The maximum atomic E-state index is 12.6. The lowest BCUT2D eigenvalue weighted by atomic mass is 9.96. The first-order chi connectivity index (χ1) is 16.2. The molecule has 172 valence electrons. The molecule has 2 unspecified atom stereocenters. The highest BCUT2D eigenvalue weighted by Crippen LogP contribution is 2.37. The third-order valence-electron chi connectivity index (χ3n) is 6.95. The van der Waals surface area contributed by atoms with Gasteiger partial charge >= 0.3 is 0 Å². The third kappa shape index (κ3) is 5.11. The second kappa shape index (κ2) is 9.79. The molecule has 5 rings (SSSR count). The van der Waals surface area contributed by atoms with E-state index in [2.05, 4.69) is 45.5 Å². The minimum atomic E-state index is 0.0834. The molecule has 0 saturated carbocycles. The van der Waals surface area contributed by atoms with E-state index in [0.717, 1.165) is 30.7 Å². The molecule has 3 heterocycles. The Morgan fingerprint density at radius 2 is 1.82 bits per heavy atom. The van der Waals surface area contributed by atoms with Crippen LogP contribution < -0.4 is 10.1 Å². The van der Waals surface area contributed by atoms with Crippen LogP contribution in [0.25, 0.3) is 11.3 Å². The second-order valence-electron chi connectivity index (χ2n) is 9.13. The molecule has 1 N–H and O–H groups in total. The Balaban J connectivity index is 1.10. The van der Waals surface area contributed by atoms with E-state index < -0.39 is 0 Å². The number of methoxy groups -OCH3 is 1. The highest BCUT2D eigenvalue weighted by atomic mass is 16.5. The number of ether oxygens (including phenoxy) is 1. The second-order valence-corrected chi connectivity index (χ2v) is 9.13. The fourth-order valence-electron chi connectivity index (χ4n) is 5.28. The smallest absolute Gasteiger partial charge is 0.220 e. The number of benzene rings is 2. The van der Waals surface area contributed by atoms with Crippen molar-refractivity contribution >= 4 is 5.91 Å². The number of nitrogens with one attached hydrogen (secondary N) is 1. The summed E-state index contributed by atoms with van der Waals surface area (Å²) in [5.41, 5.74) is 2.31. The summed E-state index contributed by atoms with van der Waals surface area (Å²) in [6.45, 7) is 1.01. The van der Waals surface area contributed by atoms with Gasteiger partial charge in [-0.3, -0.25) is 9.69 Å². The van der Waals surface area contributed by atoms with E-state index in [4.69, 9.17) is 9.15 Å². The number of carbonyl (C=O) groups excluding carboxylic acids is 1. The van der Waals surface area contributed by atoms with E-state index in [1.165, 1.54) is 18.4 Å². The van der Waals surface area contributed by atoms with Gasteiger partial charge in [0.15, 0.2) is 11.7 Å². The van der Waals surface area contributed by atoms with E-state index >= 15 is 0 Å². The van der Waals surface area contributed by atoms with Crippen LogP contribution in [0.1, 0.15) is 43.6 Å². The van der Waals surface area contributed by atoms with Crippen molar-refractivity contribution in [2.45, 2.75) is 63.2 Å². The summed E-state index contributed by atoms with van der Waals surface area (Å²) in [5.74, 6) is 2.18. The Labute approximate surface area is 195 Å². The van der Waals surface area contributed by atoms with Crippen molar-refractivity contribution in [3.8, 4) is 17.1 Å². The van der Waals surface area contributed by atoms with Gasteiger partial charge in [-0.15, -0.1) is 0 Å². The Hall–Kier alpha value is -3.12. The number of aromatic nitrogens is 1. The normalized spacial score (nSPS) is 22.3. The van der Waals surface area contributed by atoms with Crippen molar-refractivity contribution in [1.29, 1.82) is 0 Å². The number of hydrogen-bond donors (Lipinski definition) is 1. The minimum absolute atomic E-state index is 0.0834. The summed E-state index contributed by atoms with van der Waals surface area (Å²) >= 11 is 0. The van der Waals surface area contributed by atoms with Crippen molar-refractivity contribution in [2.24, 2.45) is 0 Å². The van der Waals surface area contributed by atoms with Gasteiger partial charge in [-0.1, -0.05) is 30.3 Å². The van der Waals surface area contributed by atoms with Crippen LogP contribution in [-0.4, -0.2) is 41.0 Å². The predicted molar refractivity (Wildman–Crippen MR) is 127 cm³/mol. The number of aryl methyl sites for hydroxylation is 1. The van der Waals surface area contributed by atoms with Crippen LogP contribution in [0.15, 0.2) is 65.2 Å². The summed E-state index contributed by atoms with van der Waals surface area (Å²) in [6, 6.07) is 19.7. The molecule has 33 heavy (non-hydrogen) atoms. The lowest BCUT2D eigenvalue weighted by Gasteiger charge is -2.39. The first-order valence-corrected chi connectivity index (χ1v) is 11.9. The molecule has 2 atom stereocenters. The molecule has 2 aliphatic rings. The van der Waals surface area contributed by atoms with Gasteiger partial charge in [-0.2, -0.15) is 0 Å². The highest BCUT2D eigenvalue weighted by Gasteiger charge is 2.40. The zero-order chi connectivity index (χ0) is 22.6. The van der Waals surface area contributed by atoms with Crippen LogP contribution >= 0.6 is 0 Å². The maximum absolute atomic E-state index is 12.6. The van der Waals surface area contributed by atoms with Crippen molar-refractivity contribution in [3.63, 3.8) is 0 Å². The van der Waals surface area contributed by atoms with Crippen LogP contribution in [0.5, 0.6) is 5.75 Å². The van der Waals surface area contributed by atoms with Crippen LogP contribution in [0.4, 0.5) is 0 Å². The van der Waals surface area contributed by atoms with E-state index in [9.17, 15) is 4.79 Å². The van der Waals surface area contributed by atoms with Crippen LogP contribution in [-0.2, 0) is 17.8 Å². The first kappa shape index (κ1) is 21.7. The molecule has 0 aliphatic carbocycles. The Morgan fingerprint density at radius 1 is 1.09 bits per heavy atom. The van der Waals surface area contributed by atoms with E-state index in [0.29, 0.717) is 36.6 Å². The monoisotopic (exact) mass is 445 g/mol. The van der Waals surface area contributed by atoms with Gasteiger partial charge in [-0.25, -0.2) is 4.98 Å². The lowest BCUT2D eigenvalue weighted by Crippen LogP contribution is -2.50. The molecule has 6 nitrogen and oxygen atoms in total. The molecular formula is C27H31N3O3. The molecule has 1 amide bonds. The number of fused-ring (bicyclic) bond motifs is 2. The predicted octanol–water partition coefficient (Wildman–Crippen LogP) is 4.59. The average Bonchev–Trinajstić information content (AvgIpc) is 3.40. The van der Waals surface area contributed by atoms with Gasteiger partial charge in [0.1, 0.15) is 5.75 Å². The number of hydrogen-bond acceptors (Lipinski definition) is 5. The van der Waals surface area contributed by atoms with Crippen molar-refractivity contribution in [3.05, 3.63) is 72.2 Å². The van der Waals surface area contributed by atoms with Crippen LogP contribution in [0.3, 0.4) is 0 Å². The number of piperidine rings is 1. The molecule has 0 spiro atoms. The lowest BCUT2D eigenvalue weighted by molar-refractivity contribution is -0.122. The fraction of sp³-hybridized carbons (Fsp3) is 0.407. The zero-order valence-corrected chi connectivity index (χ0v) is 19.1. The van der Waals surface area contributed by atoms with Gasteiger partial charge in [0, 0.05) is 43.1 Å². The Morgan fingerprint density at radius 3 is 2.52 bits per heavy atom. The molecule has 2 aromatic carbocycles.